The molecular weight excluding hydrogens is 306 g/mol. The number of imidazole rings is 1. The van der Waals surface area contributed by atoms with E-state index in [0.717, 1.165) is 23.7 Å². The summed E-state index contributed by atoms with van der Waals surface area (Å²) in [7, 11) is 0. The van der Waals surface area contributed by atoms with Gasteiger partial charge in [-0.3, -0.25) is 9.36 Å². The standard InChI is InChI=1S/C18H23N3OS/c1-13-9-14(2)11-16(10-13)21-8-7-19-18(21)23-12-17(22)20-15-5-3-4-6-15/h7-11,15H,3-6,12H2,1-2H3,(H,20,22). The Bertz CT molecular complexity index is 669. The summed E-state index contributed by atoms with van der Waals surface area (Å²) < 4.78 is 2.05. The number of hydrogen-bond donors (Lipinski definition) is 1. The fourth-order valence-corrected chi connectivity index (χ4v) is 3.94. The molecule has 23 heavy (non-hydrogen) atoms. The summed E-state index contributed by atoms with van der Waals surface area (Å²) in [5, 5.41) is 3.98. The summed E-state index contributed by atoms with van der Waals surface area (Å²) in [6.07, 6.45) is 8.44. The van der Waals surface area contributed by atoms with Gasteiger partial charge in [0.2, 0.25) is 5.91 Å². The van der Waals surface area contributed by atoms with E-state index < -0.39 is 0 Å². The predicted molar refractivity (Wildman–Crippen MR) is 94.2 cm³/mol. The summed E-state index contributed by atoms with van der Waals surface area (Å²) in [6, 6.07) is 6.80. The number of aromatic nitrogens is 2. The second kappa shape index (κ2) is 7.21. The SMILES string of the molecule is Cc1cc(C)cc(-n2ccnc2SCC(=O)NC2CCCC2)c1. The van der Waals surface area contributed by atoms with Gasteiger partial charge in [0.1, 0.15) is 0 Å². The number of hydrogen-bond acceptors (Lipinski definition) is 3. The van der Waals surface area contributed by atoms with Crippen LogP contribution < -0.4 is 5.32 Å². The van der Waals surface area contributed by atoms with Crippen molar-refractivity contribution in [2.24, 2.45) is 0 Å². The topological polar surface area (TPSA) is 46.9 Å². The van der Waals surface area contributed by atoms with E-state index in [4.69, 9.17) is 0 Å². The zero-order valence-electron chi connectivity index (χ0n) is 13.7. The van der Waals surface area contributed by atoms with Gasteiger partial charge in [-0.2, -0.15) is 0 Å². The minimum atomic E-state index is 0.108. The molecule has 1 amide bonds. The van der Waals surface area contributed by atoms with Crippen LogP contribution in [0.2, 0.25) is 0 Å². The molecule has 0 saturated heterocycles. The van der Waals surface area contributed by atoms with Crippen LogP contribution in [0.5, 0.6) is 0 Å². The maximum absolute atomic E-state index is 12.1. The minimum Gasteiger partial charge on any atom is -0.353 e. The van der Waals surface area contributed by atoms with E-state index >= 15 is 0 Å². The van der Waals surface area contributed by atoms with Crippen LogP contribution in [0.15, 0.2) is 35.7 Å². The van der Waals surface area contributed by atoms with Crippen molar-refractivity contribution in [3.63, 3.8) is 0 Å². The highest BCUT2D eigenvalue weighted by Crippen LogP contribution is 2.23. The number of benzene rings is 1. The maximum Gasteiger partial charge on any atom is 0.230 e. The quantitative estimate of drug-likeness (QED) is 0.852. The van der Waals surface area contributed by atoms with E-state index in [1.807, 2.05) is 10.8 Å². The van der Waals surface area contributed by atoms with Crippen molar-refractivity contribution in [2.45, 2.75) is 50.7 Å². The van der Waals surface area contributed by atoms with Gasteiger partial charge in [0, 0.05) is 24.1 Å². The first-order chi connectivity index (χ1) is 11.1. The fraction of sp³-hybridized carbons (Fsp3) is 0.444. The van der Waals surface area contributed by atoms with E-state index in [-0.39, 0.29) is 5.91 Å². The first-order valence-electron chi connectivity index (χ1n) is 8.16. The summed E-state index contributed by atoms with van der Waals surface area (Å²) in [5.74, 6) is 0.523. The van der Waals surface area contributed by atoms with Crippen molar-refractivity contribution in [3.8, 4) is 5.69 Å². The van der Waals surface area contributed by atoms with Gasteiger partial charge in [-0.1, -0.05) is 30.7 Å². The molecule has 1 aromatic carbocycles. The molecular formula is C18H23N3OS. The van der Waals surface area contributed by atoms with Crippen molar-refractivity contribution in [3.05, 3.63) is 41.7 Å². The number of amides is 1. The second-order valence-electron chi connectivity index (χ2n) is 6.26. The highest BCUT2D eigenvalue weighted by molar-refractivity contribution is 7.99. The molecule has 1 saturated carbocycles. The summed E-state index contributed by atoms with van der Waals surface area (Å²) in [5.41, 5.74) is 3.55. The highest BCUT2D eigenvalue weighted by atomic mass is 32.2. The molecule has 5 heteroatoms. The van der Waals surface area contributed by atoms with Crippen LogP contribution in [-0.2, 0) is 4.79 Å². The minimum absolute atomic E-state index is 0.108. The Morgan fingerprint density at radius 3 is 2.65 bits per heavy atom. The van der Waals surface area contributed by atoms with E-state index in [1.165, 1.54) is 35.7 Å². The van der Waals surface area contributed by atoms with Gasteiger partial charge in [-0.15, -0.1) is 0 Å². The molecule has 122 valence electrons. The zero-order valence-corrected chi connectivity index (χ0v) is 14.5. The third-order valence-electron chi connectivity index (χ3n) is 4.14. The lowest BCUT2D eigenvalue weighted by Gasteiger charge is -2.12. The molecule has 0 spiro atoms. The molecule has 4 nitrogen and oxygen atoms in total. The predicted octanol–water partition coefficient (Wildman–Crippen LogP) is 3.64. The Hall–Kier alpha value is -1.75. The Kier molecular flexibility index (Phi) is 5.06. The second-order valence-corrected chi connectivity index (χ2v) is 7.21. The van der Waals surface area contributed by atoms with Gasteiger partial charge >= 0.3 is 0 Å². The van der Waals surface area contributed by atoms with Crippen molar-refractivity contribution in [2.75, 3.05) is 5.75 Å². The molecule has 0 atom stereocenters. The van der Waals surface area contributed by atoms with Gasteiger partial charge in [0.25, 0.3) is 0 Å². The first-order valence-corrected chi connectivity index (χ1v) is 9.14. The van der Waals surface area contributed by atoms with Crippen molar-refractivity contribution in [1.29, 1.82) is 0 Å². The molecule has 0 unspecified atom stereocenters. The number of thioether (sulfide) groups is 1. The number of rotatable bonds is 5. The maximum atomic E-state index is 12.1. The molecule has 1 fully saturated rings. The average molecular weight is 329 g/mol. The van der Waals surface area contributed by atoms with E-state index in [1.54, 1.807) is 6.20 Å². The van der Waals surface area contributed by atoms with Crippen molar-refractivity contribution in [1.82, 2.24) is 14.9 Å². The Morgan fingerprint density at radius 2 is 1.96 bits per heavy atom. The number of carbonyl (C=O) groups is 1. The van der Waals surface area contributed by atoms with Crippen LogP contribution >= 0.6 is 11.8 Å². The number of nitrogens with zero attached hydrogens (tertiary/aromatic N) is 2. The molecule has 1 aromatic heterocycles. The molecule has 3 rings (SSSR count). The summed E-state index contributed by atoms with van der Waals surface area (Å²) >= 11 is 1.49. The number of aryl methyl sites for hydroxylation is 2. The van der Waals surface area contributed by atoms with Crippen LogP contribution in [0, 0.1) is 13.8 Å². The lowest BCUT2D eigenvalue weighted by atomic mass is 10.1. The lowest BCUT2D eigenvalue weighted by molar-refractivity contribution is -0.119. The first kappa shape index (κ1) is 16.1. The van der Waals surface area contributed by atoms with E-state index in [9.17, 15) is 4.79 Å². The molecule has 0 bridgehead atoms. The molecule has 1 heterocycles. The lowest BCUT2D eigenvalue weighted by Crippen LogP contribution is -2.33. The van der Waals surface area contributed by atoms with E-state index in [2.05, 4.69) is 42.3 Å². The van der Waals surface area contributed by atoms with Gasteiger partial charge in [-0.05, 0) is 49.9 Å². The van der Waals surface area contributed by atoms with Crippen LogP contribution in [0.3, 0.4) is 0 Å². The smallest absolute Gasteiger partial charge is 0.230 e. The molecule has 0 aliphatic heterocycles. The van der Waals surface area contributed by atoms with Crippen LogP contribution in [-0.4, -0.2) is 27.3 Å². The largest absolute Gasteiger partial charge is 0.353 e. The third kappa shape index (κ3) is 4.16. The zero-order chi connectivity index (χ0) is 16.2. The number of carbonyl (C=O) groups excluding carboxylic acids is 1. The third-order valence-corrected chi connectivity index (χ3v) is 5.11. The molecule has 0 radical (unpaired) electrons. The Balaban J connectivity index is 1.65. The fourth-order valence-electron chi connectivity index (χ4n) is 3.15. The Morgan fingerprint density at radius 1 is 1.26 bits per heavy atom. The van der Waals surface area contributed by atoms with Crippen LogP contribution in [0.25, 0.3) is 5.69 Å². The van der Waals surface area contributed by atoms with Crippen molar-refractivity contribution < 1.29 is 4.79 Å². The Labute approximate surface area is 141 Å². The molecule has 1 aliphatic rings. The summed E-state index contributed by atoms with van der Waals surface area (Å²) in [6.45, 7) is 4.19. The molecule has 1 aliphatic carbocycles. The van der Waals surface area contributed by atoms with Gasteiger partial charge in [0.15, 0.2) is 5.16 Å². The number of nitrogens with one attached hydrogen (secondary N) is 1. The van der Waals surface area contributed by atoms with E-state index in [0.29, 0.717) is 11.8 Å². The van der Waals surface area contributed by atoms with Crippen LogP contribution in [0.4, 0.5) is 0 Å². The monoisotopic (exact) mass is 329 g/mol. The summed E-state index contributed by atoms with van der Waals surface area (Å²) in [4.78, 5) is 16.5. The average Bonchev–Trinajstić information content (AvgIpc) is 3.15. The molecule has 2 aromatic rings. The van der Waals surface area contributed by atoms with Gasteiger partial charge < -0.3 is 5.32 Å². The normalized spacial score (nSPS) is 15.0. The molecule has 1 N–H and O–H groups in total. The van der Waals surface area contributed by atoms with Crippen LogP contribution in [0.1, 0.15) is 36.8 Å². The highest BCUT2D eigenvalue weighted by Gasteiger charge is 2.17. The van der Waals surface area contributed by atoms with Gasteiger partial charge in [-0.25, -0.2) is 4.98 Å². The van der Waals surface area contributed by atoms with Gasteiger partial charge in [0.05, 0.1) is 5.75 Å². The van der Waals surface area contributed by atoms with Crippen molar-refractivity contribution >= 4 is 17.7 Å².